The van der Waals surface area contributed by atoms with Crippen molar-refractivity contribution in [3.05, 3.63) is 53.1 Å². The molecule has 2 amide bonds. The molecule has 1 aliphatic heterocycles. The Labute approximate surface area is 174 Å². The Bertz CT molecular complexity index is 1120. The van der Waals surface area contributed by atoms with Crippen molar-refractivity contribution in [2.75, 3.05) is 18.4 Å². The Kier molecular flexibility index (Phi) is 5.21. The maximum Gasteiger partial charge on any atom is 0.295 e. The van der Waals surface area contributed by atoms with Gasteiger partial charge in [0, 0.05) is 24.5 Å². The fourth-order valence-electron chi connectivity index (χ4n) is 3.73. The number of ether oxygens (including phenoxy) is 1. The summed E-state index contributed by atoms with van der Waals surface area (Å²) in [7, 11) is 0. The highest BCUT2D eigenvalue weighted by atomic mass is 16.5. The standard InChI is InChI=1S/C21H24N6O3/c1-12-9-13(2)27-21(22-12)24-18(25-27)19(28)23-17-8-6-5-7-16(17)20(29)26-10-14(3)30-15(4)11-26/h5-9,14-15H,10-11H2,1-4H3,(H,23,28)/t14-,15+. The lowest BCUT2D eigenvalue weighted by molar-refractivity contribution is -0.0585. The van der Waals surface area contributed by atoms with Gasteiger partial charge in [-0.05, 0) is 45.9 Å². The zero-order chi connectivity index (χ0) is 21.4. The van der Waals surface area contributed by atoms with Gasteiger partial charge < -0.3 is 15.0 Å². The first-order chi connectivity index (χ1) is 14.3. The zero-order valence-corrected chi connectivity index (χ0v) is 17.4. The van der Waals surface area contributed by atoms with E-state index in [1.54, 1.807) is 29.2 Å². The number of hydrogen-bond acceptors (Lipinski definition) is 6. The van der Waals surface area contributed by atoms with Gasteiger partial charge in [0.15, 0.2) is 0 Å². The van der Waals surface area contributed by atoms with Gasteiger partial charge in [0.2, 0.25) is 5.82 Å². The number of amides is 2. The fourth-order valence-corrected chi connectivity index (χ4v) is 3.73. The molecule has 1 N–H and O–H groups in total. The SMILES string of the molecule is Cc1cc(C)n2nc(C(=O)Nc3ccccc3C(=O)N3C[C@@H](C)O[C@@H](C)C3)nc2n1. The first kappa shape index (κ1) is 20.0. The first-order valence-electron chi connectivity index (χ1n) is 9.88. The summed E-state index contributed by atoms with van der Waals surface area (Å²) in [5.41, 5.74) is 2.46. The van der Waals surface area contributed by atoms with Crippen molar-refractivity contribution in [2.45, 2.75) is 39.9 Å². The highest BCUT2D eigenvalue weighted by molar-refractivity contribution is 6.07. The number of rotatable bonds is 3. The third-order valence-corrected chi connectivity index (χ3v) is 4.93. The first-order valence-corrected chi connectivity index (χ1v) is 9.88. The Morgan fingerprint density at radius 3 is 2.53 bits per heavy atom. The van der Waals surface area contributed by atoms with E-state index in [0.29, 0.717) is 30.1 Å². The lowest BCUT2D eigenvalue weighted by atomic mass is 10.1. The van der Waals surface area contributed by atoms with E-state index >= 15 is 0 Å². The molecule has 4 rings (SSSR count). The molecule has 156 valence electrons. The van der Waals surface area contributed by atoms with Crippen molar-refractivity contribution >= 4 is 23.3 Å². The van der Waals surface area contributed by atoms with E-state index in [2.05, 4.69) is 20.4 Å². The Balaban J connectivity index is 1.59. The van der Waals surface area contributed by atoms with Gasteiger partial charge >= 0.3 is 0 Å². The second-order valence-corrected chi connectivity index (χ2v) is 7.65. The lowest BCUT2D eigenvalue weighted by Crippen LogP contribution is -2.48. The highest BCUT2D eigenvalue weighted by Gasteiger charge is 2.28. The lowest BCUT2D eigenvalue weighted by Gasteiger charge is -2.35. The van der Waals surface area contributed by atoms with E-state index in [1.807, 2.05) is 33.8 Å². The summed E-state index contributed by atoms with van der Waals surface area (Å²) in [6.45, 7) is 8.62. The summed E-state index contributed by atoms with van der Waals surface area (Å²) >= 11 is 0. The molecule has 30 heavy (non-hydrogen) atoms. The van der Waals surface area contributed by atoms with Crippen molar-refractivity contribution in [3.63, 3.8) is 0 Å². The third kappa shape index (κ3) is 3.88. The molecule has 9 heteroatoms. The average Bonchev–Trinajstić information content (AvgIpc) is 3.12. The van der Waals surface area contributed by atoms with E-state index in [4.69, 9.17) is 4.74 Å². The van der Waals surface area contributed by atoms with Gasteiger partial charge in [0.25, 0.3) is 17.6 Å². The number of benzene rings is 1. The quantitative estimate of drug-likeness (QED) is 0.713. The van der Waals surface area contributed by atoms with Gasteiger partial charge in [0.1, 0.15) is 0 Å². The molecule has 0 saturated carbocycles. The van der Waals surface area contributed by atoms with Crippen LogP contribution in [0.1, 0.15) is 46.2 Å². The monoisotopic (exact) mass is 408 g/mol. The molecule has 3 aromatic rings. The number of anilines is 1. The van der Waals surface area contributed by atoms with Gasteiger partial charge in [-0.15, -0.1) is 5.10 Å². The summed E-state index contributed by atoms with van der Waals surface area (Å²) in [5, 5.41) is 7.03. The average molecular weight is 408 g/mol. The molecule has 2 atom stereocenters. The van der Waals surface area contributed by atoms with Crippen molar-refractivity contribution in [1.29, 1.82) is 0 Å². The van der Waals surface area contributed by atoms with Gasteiger partial charge in [0.05, 0.1) is 23.5 Å². The molecule has 0 aliphatic carbocycles. The van der Waals surface area contributed by atoms with Crippen molar-refractivity contribution in [2.24, 2.45) is 0 Å². The van der Waals surface area contributed by atoms with Crippen LogP contribution in [0, 0.1) is 13.8 Å². The molecule has 9 nitrogen and oxygen atoms in total. The van der Waals surface area contributed by atoms with Crippen LogP contribution in [0.25, 0.3) is 5.78 Å². The number of aryl methyl sites for hydroxylation is 2. The summed E-state index contributed by atoms with van der Waals surface area (Å²) in [5.74, 6) is -0.295. The molecule has 0 unspecified atom stereocenters. The summed E-state index contributed by atoms with van der Waals surface area (Å²) in [4.78, 5) is 36.2. The summed E-state index contributed by atoms with van der Waals surface area (Å²) < 4.78 is 7.24. The van der Waals surface area contributed by atoms with Crippen molar-refractivity contribution in [3.8, 4) is 0 Å². The summed E-state index contributed by atoms with van der Waals surface area (Å²) in [6.07, 6.45) is -0.0818. The highest BCUT2D eigenvalue weighted by Crippen LogP contribution is 2.21. The number of nitrogens with one attached hydrogen (secondary N) is 1. The minimum atomic E-state index is -0.499. The molecule has 1 saturated heterocycles. The number of hydrogen-bond donors (Lipinski definition) is 1. The normalized spacial score (nSPS) is 19.1. The second kappa shape index (κ2) is 7.83. The number of nitrogens with zero attached hydrogens (tertiary/aromatic N) is 5. The zero-order valence-electron chi connectivity index (χ0n) is 17.4. The van der Waals surface area contributed by atoms with Gasteiger partial charge in [-0.1, -0.05) is 12.1 Å². The maximum absolute atomic E-state index is 13.1. The smallest absolute Gasteiger partial charge is 0.295 e. The molecule has 2 aromatic heterocycles. The van der Waals surface area contributed by atoms with Gasteiger partial charge in [-0.2, -0.15) is 4.98 Å². The predicted molar refractivity (Wildman–Crippen MR) is 111 cm³/mol. The predicted octanol–water partition coefficient (Wildman–Crippen LogP) is 2.24. The van der Waals surface area contributed by atoms with Crippen LogP contribution >= 0.6 is 0 Å². The molecule has 3 heterocycles. The van der Waals surface area contributed by atoms with Crippen molar-refractivity contribution < 1.29 is 14.3 Å². The molecule has 0 spiro atoms. The molecule has 0 bridgehead atoms. The van der Waals surface area contributed by atoms with Crippen LogP contribution < -0.4 is 5.32 Å². The number of aromatic nitrogens is 4. The largest absolute Gasteiger partial charge is 0.372 e. The van der Waals surface area contributed by atoms with E-state index in [-0.39, 0.29) is 23.9 Å². The maximum atomic E-state index is 13.1. The van der Waals surface area contributed by atoms with Crippen LogP contribution in [-0.4, -0.2) is 61.6 Å². The van der Waals surface area contributed by atoms with E-state index in [9.17, 15) is 9.59 Å². The third-order valence-electron chi connectivity index (χ3n) is 4.93. The number of para-hydroxylation sites is 1. The van der Waals surface area contributed by atoms with Crippen LogP contribution in [0.4, 0.5) is 5.69 Å². The number of morpholine rings is 1. The number of carbonyl (C=O) groups excluding carboxylic acids is 2. The Morgan fingerprint density at radius 1 is 1.10 bits per heavy atom. The van der Waals surface area contributed by atoms with Gasteiger partial charge in [-0.3, -0.25) is 9.59 Å². The van der Waals surface area contributed by atoms with Crippen LogP contribution in [0.3, 0.4) is 0 Å². The summed E-state index contributed by atoms with van der Waals surface area (Å²) in [6, 6.07) is 8.80. The van der Waals surface area contributed by atoms with Crippen LogP contribution in [0.5, 0.6) is 0 Å². The van der Waals surface area contributed by atoms with E-state index < -0.39 is 5.91 Å². The Morgan fingerprint density at radius 2 is 1.80 bits per heavy atom. The topological polar surface area (TPSA) is 102 Å². The van der Waals surface area contributed by atoms with Crippen molar-refractivity contribution in [1.82, 2.24) is 24.5 Å². The molecule has 0 radical (unpaired) electrons. The molecule has 1 fully saturated rings. The fraction of sp³-hybridized carbons (Fsp3) is 0.381. The van der Waals surface area contributed by atoms with Crippen LogP contribution in [0.15, 0.2) is 30.3 Å². The molecular weight excluding hydrogens is 384 g/mol. The molecular formula is C21H24N6O3. The van der Waals surface area contributed by atoms with E-state index in [0.717, 1.165) is 11.4 Å². The van der Waals surface area contributed by atoms with E-state index in [1.165, 1.54) is 4.52 Å². The number of fused-ring (bicyclic) bond motifs is 1. The minimum absolute atomic E-state index is 0.00734. The Hall–Kier alpha value is -3.33. The second-order valence-electron chi connectivity index (χ2n) is 7.65. The van der Waals surface area contributed by atoms with Gasteiger partial charge in [-0.25, -0.2) is 9.50 Å². The minimum Gasteiger partial charge on any atom is -0.372 e. The molecule has 1 aromatic carbocycles. The van der Waals surface area contributed by atoms with Crippen LogP contribution in [0.2, 0.25) is 0 Å². The van der Waals surface area contributed by atoms with Crippen LogP contribution in [-0.2, 0) is 4.74 Å². The number of carbonyl (C=O) groups is 2. The molecule has 1 aliphatic rings.